The van der Waals surface area contributed by atoms with Gasteiger partial charge in [0.15, 0.2) is 0 Å². The minimum Gasteiger partial charge on any atom is -0.310 e. The SMILES string of the molecule is CC1(c2ccccc2)c2ccccc2-c2c(N(c3ccc(-c4ccccc4)cc3)c3cc(-c4ccccc4)cc(-c4ccccc4)c3)cccc21.Cc1cc(-c2ccccc2)ccc1N(c1ccc(-c2ccccc2)cc1)c1cccc2c1-c1ccccc1C2(C)c1ccccc1.Cc1ccccc1-c1ccc(N(c2ccc(-c3ccccc3)cc2)c2cccc3c2-c2ccccc2C3(C)c2ccccc2)cc1C. The zero-order valence-corrected chi connectivity index (χ0v) is 81.9. The van der Waals surface area contributed by atoms with E-state index in [1.165, 1.54) is 195 Å². The number of benzene rings is 22. The van der Waals surface area contributed by atoms with Gasteiger partial charge >= 0.3 is 0 Å². The third-order valence-electron chi connectivity index (χ3n) is 30.3. The van der Waals surface area contributed by atoms with Crippen LogP contribution in [0.5, 0.6) is 0 Å². The van der Waals surface area contributed by atoms with Crippen molar-refractivity contribution < 1.29 is 0 Å². The van der Waals surface area contributed by atoms with Gasteiger partial charge in [0.25, 0.3) is 0 Å². The van der Waals surface area contributed by atoms with Gasteiger partial charge in [-0.05, 0) is 300 Å². The molecule has 3 nitrogen and oxygen atoms in total. The minimum atomic E-state index is -0.298. The van der Waals surface area contributed by atoms with Crippen molar-refractivity contribution in [3.8, 4) is 111 Å². The fourth-order valence-corrected chi connectivity index (χ4v) is 23.0. The molecule has 0 radical (unpaired) electrons. The highest BCUT2D eigenvalue weighted by atomic mass is 15.2. The molecule has 0 aliphatic heterocycles. The predicted octanol–water partition coefficient (Wildman–Crippen LogP) is 38.1. The number of aryl methyl sites for hydroxylation is 3. The second kappa shape index (κ2) is 38.8. The van der Waals surface area contributed by atoms with Gasteiger partial charge in [0, 0.05) is 67.1 Å². The Labute approximate surface area is 847 Å². The van der Waals surface area contributed by atoms with Gasteiger partial charge in [-0.15, -0.1) is 0 Å². The van der Waals surface area contributed by atoms with E-state index in [4.69, 9.17) is 0 Å². The average molecular weight is 1850 g/mol. The van der Waals surface area contributed by atoms with E-state index in [2.05, 4.69) is 608 Å². The predicted molar refractivity (Wildman–Crippen MR) is 608 cm³/mol. The maximum Gasteiger partial charge on any atom is 0.0543 e. The Balaban J connectivity index is 0.000000120. The largest absolute Gasteiger partial charge is 0.310 e. The molecule has 0 amide bonds. The third kappa shape index (κ3) is 16.5. The number of hydrogen-bond acceptors (Lipinski definition) is 3. The molecule has 3 aliphatic carbocycles. The van der Waals surface area contributed by atoms with Gasteiger partial charge in [0.2, 0.25) is 0 Å². The first kappa shape index (κ1) is 90.1. The Bertz CT molecular complexity index is 8330. The van der Waals surface area contributed by atoms with Crippen molar-refractivity contribution in [1.82, 2.24) is 0 Å². The van der Waals surface area contributed by atoms with E-state index in [0.29, 0.717) is 0 Å². The minimum absolute atomic E-state index is 0.266. The van der Waals surface area contributed by atoms with Crippen molar-refractivity contribution in [2.45, 2.75) is 57.8 Å². The lowest BCUT2D eigenvalue weighted by atomic mass is 9.74. The molecule has 0 aromatic heterocycles. The van der Waals surface area contributed by atoms with Crippen molar-refractivity contribution in [2.75, 3.05) is 14.7 Å². The summed E-state index contributed by atoms with van der Waals surface area (Å²) < 4.78 is 0. The summed E-state index contributed by atoms with van der Waals surface area (Å²) in [7, 11) is 0. The Kier molecular flexibility index (Phi) is 24.3. The molecule has 0 saturated carbocycles. The summed E-state index contributed by atoms with van der Waals surface area (Å²) >= 11 is 0. The molecule has 22 aromatic rings. The van der Waals surface area contributed by atoms with Crippen molar-refractivity contribution in [2.24, 2.45) is 0 Å². The zero-order valence-electron chi connectivity index (χ0n) is 81.9. The lowest BCUT2D eigenvalue weighted by molar-refractivity contribution is 0.714. The molecule has 0 spiro atoms. The van der Waals surface area contributed by atoms with Crippen LogP contribution in [0.25, 0.3) is 111 Å². The average Bonchev–Trinajstić information content (AvgIpc) is 1.54. The first-order valence-electron chi connectivity index (χ1n) is 50.2. The van der Waals surface area contributed by atoms with E-state index in [1.54, 1.807) is 0 Å². The van der Waals surface area contributed by atoms with Gasteiger partial charge in [-0.3, -0.25) is 0 Å². The number of hydrogen-bond donors (Lipinski definition) is 0. The molecule has 688 valence electrons. The van der Waals surface area contributed by atoms with Crippen LogP contribution in [0.2, 0.25) is 0 Å². The molecular weight excluding hydrogens is 1740 g/mol. The maximum absolute atomic E-state index is 2.47. The van der Waals surface area contributed by atoms with Crippen LogP contribution in [0.3, 0.4) is 0 Å². The van der Waals surface area contributed by atoms with Gasteiger partial charge in [0.1, 0.15) is 0 Å². The number of nitrogens with zero attached hydrogens (tertiary/aromatic N) is 3. The first-order chi connectivity index (χ1) is 70.8. The molecule has 3 heteroatoms. The van der Waals surface area contributed by atoms with Crippen molar-refractivity contribution >= 4 is 51.2 Å². The molecule has 3 unspecified atom stereocenters. The van der Waals surface area contributed by atoms with Crippen molar-refractivity contribution in [1.29, 1.82) is 0 Å². The third-order valence-corrected chi connectivity index (χ3v) is 30.3. The van der Waals surface area contributed by atoms with Crippen LogP contribution in [0, 0.1) is 20.8 Å². The number of fused-ring (bicyclic) bond motifs is 9. The normalized spacial score (nSPS) is 14.7. The standard InChI is InChI=1S/C50H37N.C46H37N.C45H35N/c1-50(42-23-12-5-13-24-42)46-26-15-14-25-45(46)49-47(50)27-16-28-48(49)51(43-31-29-39(30-32-43)36-17-6-2-7-18-36)44-34-40(37-19-8-3-9-20-37)33-41(35-44)38-21-10-4-11-22-38;1-32-15-10-11-20-39(32)40-30-29-38(31-33(40)2)47(37-27-25-35(26-28-37)34-16-6-4-7-17-34)44-24-14-23-43-45(44)41-21-12-13-22-42(41)46(43,3)36-18-8-5-9-19-36;1-32-31-36(34-17-8-4-9-18-34)27-30-42(32)46(38-28-25-35(26-29-38)33-15-6-3-7-16-33)43-24-14-23-41-44(43)39-21-12-13-22-40(39)45(41,2)37-19-10-5-11-20-37/h2-35H,1H3;4-31H,1-3H3;3-31H,1-2H3. The summed E-state index contributed by atoms with van der Waals surface area (Å²) in [5, 5.41) is 0. The Hall–Kier alpha value is -17.8. The van der Waals surface area contributed by atoms with Crippen LogP contribution in [0.1, 0.15) is 87.5 Å². The summed E-state index contributed by atoms with van der Waals surface area (Å²) in [4.78, 5) is 7.39. The maximum atomic E-state index is 2.47. The highest BCUT2D eigenvalue weighted by Crippen LogP contribution is 2.62. The summed E-state index contributed by atoms with van der Waals surface area (Å²) in [5.74, 6) is 0. The van der Waals surface area contributed by atoms with E-state index in [0.717, 1.165) is 34.1 Å². The molecule has 25 rings (SSSR count). The topological polar surface area (TPSA) is 9.72 Å². The van der Waals surface area contributed by atoms with Gasteiger partial charge in [0.05, 0.1) is 17.1 Å². The van der Waals surface area contributed by atoms with Gasteiger partial charge in [-0.25, -0.2) is 0 Å². The van der Waals surface area contributed by atoms with E-state index >= 15 is 0 Å². The number of anilines is 9. The summed E-state index contributed by atoms with van der Waals surface area (Å²) in [5.41, 5.74) is 49.9. The summed E-state index contributed by atoms with van der Waals surface area (Å²) in [6.45, 7) is 13.8. The van der Waals surface area contributed by atoms with E-state index < -0.39 is 0 Å². The van der Waals surface area contributed by atoms with Gasteiger partial charge in [-0.2, -0.15) is 0 Å². The van der Waals surface area contributed by atoms with Crippen LogP contribution in [-0.4, -0.2) is 0 Å². The lowest BCUT2D eigenvalue weighted by Crippen LogP contribution is -2.22. The van der Waals surface area contributed by atoms with Crippen molar-refractivity contribution in [3.05, 3.63) is 619 Å². The summed E-state index contributed by atoms with van der Waals surface area (Å²) in [6, 6.07) is 201. The molecule has 22 aromatic carbocycles. The quantitative estimate of drug-likeness (QED) is 0.0799. The fourth-order valence-electron chi connectivity index (χ4n) is 23.0. The second-order valence-electron chi connectivity index (χ2n) is 38.6. The molecule has 144 heavy (non-hydrogen) atoms. The Morgan fingerprint density at radius 2 is 0.396 bits per heavy atom. The second-order valence-corrected chi connectivity index (χ2v) is 38.6. The smallest absolute Gasteiger partial charge is 0.0543 e. The van der Waals surface area contributed by atoms with Crippen LogP contribution >= 0.6 is 0 Å². The lowest BCUT2D eigenvalue weighted by Gasteiger charge is -2.31. The Morgan fingerprint density at radius 1 is 0.139 bits per heavy atom. The van der Waals surface area contributed by atoms with Crippen LogP contribution in [0.4, 0.5) is 51.2 Å². The molecule has 0 fully saturated rings. The molecule has 3 aliphatic rings. The molecular formula is C141H109N3. The number of rotatable bonds is 19. The van der Waals surface area contributed by atoms with Crippen LogP contribution in [0.15, 0.2) is 552 Å². The highest BCUT2D eigenvalue weighted by molar-refractivity contribution is 6.01. The Morgan fingerprint density at radius 3 is 0.736 bits per heavy atom. The van der Waals surface area contributed by atoms with Crippen LogP contribution < -0.4 is 14.7 Å². The summed E-state index contributed by atoms with van der Waals surface area (Å²) in [6.07, 6.45) is 0. The van der Waals surface area contributed by atoms with Crippen molar-refractivity contribution in [3.63, 3.8) is 0 Å². The zero-order chi connectivity index (χ0) is 97.3. The first-order valence-corrected chi connectivity index (χ1v) is 50.2. The molecule has 0 bridgehead atoms. The monoisotopic (exact) mass is 1840 g/mol. The van der Waals surface area contributed by atoms with Gasteiger partial charge in [-0.1, -0.05) is 455 Å². The van der Waals surface area contributed by atoms with E-state index in [9.17, 15) is 0 Å². The van der Waals surface area contributed by atoms with Crippen LogP contribution in [-0.2, 0) is 16.2 Å². The highest BCUT2D eigenvalue weighted by Gasteiger charge is 2.46. The fraction of sp³-hybridized carbons (Fsp3) is 0.0638. The van der Waals surface area contributed by atoms with E-state index in [-0.39, 0.29) is 16.2 Å². The molecule has 0 N–H and O–H groups in total. The van der Waals surface area contributed by atoms with Gasteiger partial charge < -0.3 is 14.7 Å². The molecule has 3 atom stereocenters. The molecule has 0 saturated heterocycles. The molecule has 0 heterocycles. The van der Waals surface area contributed by atoms with E-state index in [1.807, 2.05) is 0 Å².